The summed E-state index contributed by atoms with van der Waals surface area (Å²) in [6.07, 6.45) is 1.00. The molecule has 0 heterocycles. The third-order valence-corrected chi connectivity index (χ3v) is 0.281. The van der Waals surface area contributed by atoms with Gasteiger partial charge in [0.15, 0.2) is 0 Å². The maximum atomic E-state index is 9.72. The summed E-state index contributed by atoms with van der Waals surface area (Å²) in [4.78, 5) is 31.3. The number of nitrogens with two attached hydrogens (primary N) is 2. The van der Waals surface area contributed by atoms with Crippen molar-refractivity contribution in [3.05, 3.63) is 0 Å². The van der Waals surface area contributed by atoms with Crippen LogP contribution in [0.3, 0.4) is 0 Å². The number of nitrogens with zero attached hydrogens (tertiary/aromatic N) is 1. The molecule has 9 nitrogen and oxygen atoms in total. The van der Waals surface area contributed by atoms with Crippen LogP contribution in [0, 0.1) is 0 Å². The number of rotatable bonds is 1. The van der Waals surface area contributed by atoms with Gasteiger partial charge in [0.1, 0.15) is 6.34 Å². The van der Waals surface area contributed by atoms with Gasteiger partial charge in [0.05, 0.1) is 0 Å². The summed E-state index contributed by atoms with van der Waals surface area (Å²) in [6, 6.07) is -0.672. The van der Waals surface area contributed by atoms with Gasteiger partial charge >= 0.3 is 13.9 Å². The van der Waals surface area contributed by atoms with E-state index in [1.54, 1.807) is 0 Å². The first-order valence-electron chi connectivity index (χ1n) is 2.33. The molecule has 10 heteroatoms. The molecule has 0 rings (SSSR count). The van der Waals surface area contributed by atoms with E-state index in [0.29, 0.717) is 0 Å². The summed E-state index contributed by atoms with van der Waals surface area (Å²) in [5, 5.41) is 4.96. The highest BCUT2D eigenvalue weighted by atomic mass is 31.2. The molecule has 0 aromatic carbocycles. The number of primary amides is 1. The van der Waals surface area contributed by atoms with E-state index in [9.17, 15) is 4.79 Å². The fourth-order valence-electron chi connectivity index (χ4n) is 0.101. The van der Waals surface area contributed by atoms with Crippen LogP contribution in [0.5, 0.6) is 0 Å². The second-order valence-corrected chi connectivity index (χ2v) is 2.33. The second kappa shape index (κ2) is 6.55. The van der Waals surface area contributed by atoms with Crippen LogP contribution < -0.4 is 16.9 Å². The standard InChI is InChI=1S/C2H6N4O.H3O4P/c3-2(7)5-1-6-4;1-5(2,3)4/h1H,4H2,(H3,3,5,6,7);(H3,1,2,3,4). The molecule has 0 aromatic rings. The Kier molecular flexibility index (Phi) is 7.34. The number of hydrazone groups is 1. The molecule has 0 bridgehead atoms. The summed E-state index contributed by atoms with van der Waals surface area (Å²) in [7, 11) is -4.64. The molecule has 0 fully saturated rings. The Hall–Kier alpha value is -1.15. The van der Waals surface area contributed by atoms with Gasteiger partial charge in [-0.05, 0) is 0 Å². The van der Waals surface area contributed by atoms with Crippen molar-refractivity contribution < 1.29 is 24.0 Å². The van der Waals surface area contributed by atoms with E-state index in [2.05, 4.69) is 16.7 Å². The van der Waals surface area contributed by atoms with Gasteiger partial charge < -0.3 is 26.3 Å². The molecule has 0 unspecified atom stereocenters. The molecule has 72 valence electrons. The number of hydrogen-bond donors (Lipinski definition) is 6. The number of amides is 2. The largest absolute Gasteiger partial charge is 0.466 e. The molecule has 0 atom stereocenters. The minimum atomic E-state index is -4.64. The van der Waals surface area contributed by atoms with E-state index >= 15 is 0 Å². The lowest BCUT2D eigenvalue weighted by Crippen LogP contribution is -2.28. The van der Waals surface area contributed by atoms with Gasteiger partial charge in [-0.25, -0.2) is 9.36 Å². The van der Waals surface area contributed by atoms with Crippen LogP contribution in [0.15, 0.2) is 5.10 Å². The van der Waals surface area contributed by atoms with Gasteiger partial charge in [-0.2, -0.15) is 5.10 Å². The monoisotopic (exact) mass is 200 g/mol. The molecule has 0 radical (unpaired) electrons. The summed E-state index contributed by atoms with van der Waals surface area (Å²) < 4.78 is 8.88. The van der Waals surface area contributed by atoms with Crippen LogP contribution in [0.4, 0.5) is 4.79 Å². The molecule has 8 N–H and O–H groups in total. The average molecular weight is 200 g/mol. The zero-order valence-corrected chi connectivity index (χ0v) is 6.68. The van der Waals surface area contributed by atoms with Crippen molar-refractivity contribution in [3.8, 4) is 0 Å². The summed E-state index contributed by atoms with van der Waals surface area (Å²) in [5.74, 6) is 4.58. The van der Waals surface area contributed by atoms with Crippen molar-refractivity contribution in [1.82, 2.24) is 5.32 Å². The molecule has 0 saturated carbocycles. The van der Waals surface area contributed by atoms with Crippen molar-refractivity contribution in [3.63, 3.8) is 0 Å². The lowest BCUT2D eigenvalue weighted by atomic mass is 11.0. The highest BCUT2D eigenvalue weighted by molar-refractivity contribution is 7.45. The third kappa shape index (κ3) is 67.1. The van der Waals surface area contributed by atoms with E-state index in [4.69, 9.17) is 19.2 Å². The van der Waals surface area contributed by atoms with Gasteiger partial charge in [0, 0.05) is 0 Å². The lowest BCUT2D eigenvalue weighted by Gasteiger charge is -1.84. The second-order valence-electron chi connectivity index (χ2n) is 1.30. The summed E-state index contributed by atoms with van der Waals surface area (Å²) >= 11 is 0. The molecule has 2 amide bonds. The van der Waals surface area contributed by atoms with Crippen LogP contribution >= 0.6 is 7.82 Å². The van der Waals surface area contributed by atoms with Crippen molar-refractivity contribution in [1.29, 1.82) is 0 Å². The SMILES string of the molecule is NN=CNC(N)=O.O=P(O)(O)O. The molecule has 12 heavy (non-hydrogen) atoms. The van der Waals surface area contributed by atoms with E-state index in [1.165, 1.54) is 0 Å². The van der Waals surface area contributed by atoms with Gasteiger partial charge in [-0.3, -0.25) is 5.32 Å². The van der Waals surface area contributed by atoms with E-state index in [0.717, 1.165) is 6.34 Å². The van der Waals surface area contributed by atoms with Crippen LogP contribution in [0.25, 0.3) is 0 Å². The number of urea groups is 1. The zero-order valence-electron chi connectivity index (χ0n) is 5.78. The quantitative estimate of drug-likeness (QED) is 0.0906. The van der Waals surface area contributed by atoms with Crippen molar-refractivity contribution in [2.75, 3.05) is 0 Å². The maximum Gasteiger partial charge on any atom is 0.466 e. The Morgan fingerprint density at radius 2 is 1.83 bits per heavy atom. The van der Waals surface area contributed by atoms with E-state index in [-0.39, 0.29) is 0 Å². The fraction of sp³-hybridized carbons (Fsp3) is 0. The Morgan fingerprint density at radius 1 is 1.50 bits per heavy atom. The van der Waals surface area contributed by atoms with Gasteiger partial charge in [-0.1, -0.05) is 0 Å². The smallest absolute Gasteiger partial charge is 0.351 e. The molecular weight excluding hydrogens is 191 g/mol. The molecule has 0 spiro atoms. The van der Waals surface area contributed by atoms with E-state index in [1.807, 2.05) is 5.32 Å². The Balaban J connectivity index is 0. The van der Waals surface area contributed by atoms with Crippen LogP contribution in [0.1, 0.15) is 0 Å². The number of carbonyl (C=O) groups excluding carboxylic acids is 1. The molecule has 0 aliphatic carbocycles. The predicted octanol–water partition coefficient (Wildman–Crippen LogP) is -2.37. The number of hydrogen-bond acceptors (Lipinski definition) is 4. The molecular formula is C2H9N4O5P. The zero-order chi connectivity index (χ0) is 10.2. The third-order valence-electron chi connectivity index (χ3n) is 0.281. The van der Waals surface area contributed by atoms with Gasteiger partial charge in [-0.15, -0.1) is 0 Å². The van der Waals surface area contributed by atoms with Crippen LogP contribution in [0.2, 0.25) is 0 Å². The normalized spacial score (nSPS) is 10.2. The number of carbonyl (C=O) groups is 1. The molecule has 0 aliphatic rings. The lowest BCUT2D eigenvalue weighted by molar-refractivity contribution is 0.253. The Morgan fingerprint density at radius 3 is 1.92 bits per heavy atom. The van der Waals surface area contributed by atoms with Crippen molar-refractivity contribution >= 4 is 20.2 Å². The van der Waals surface area contributed by atoms with Crippen molar-refractivity contribution in [2.45, 2.75) is 0 Å². The Labute approximate surface area is 67.3 Å². The van der Waals surface area contributed by atoms with Gasteiger partial charge in [0.25, 0.3) is 0 Å². The molecule has 0 aromatic heterocycles. The van der Waals surface area contributed by atoms with E-state index < -0.39 is 13.9 Å². The summed E-state index contributed by atoms with van der Waals surface area (Å²) in [5.41, 5.74) is 4.58. The molecule has 0 aliphatic heterocycles. The number of phosphoric acid groups is 1. The number of nitrogens with one attached hydrogen (secondary N) is 1. The topological polar surface area (TPSA) is 171 Å². The highest BCUT2D eigenvalue weighted by Crippen LogP contribution is 2.25. The minimum absolute atomic E-state index is 0.672. The molecule has 0 saturated heterocycles. The predicted molar refractivity (Wildman–Crippen MR) is 39.7 cm³/mol. The average Bonchev–Trinajstić information content (AvgIpc) is 1.79. The van der Waals surface area contributed by atoms with Crippen LogP contribution in [-0.4, -0.2) is 27.0 Å². The summed E-state index contributed by atoms with van der Waals surface area (Å²) in [6.45, 7) is 0. The highest BCUT2D eigenvalue weighted by Gasteiger charge is 2.00. The van der Waals surface area contributed by atoms with Crippen LogP contribution in [-0.2, 0) is 4.57 Å². The first kappa shape index (κ1) is 13.4. The maximum absolute atomic E-state index is 9.72. The fourth-order valence-corrected chi connectivity index (χ4v) is 0.101. The minimum Gasteiger partial charge on any atom is -0.351 e. The van der Waals surface area contributed by atoms with Gasteiger partial charge in [0.2, 0.25) is 0 Å². The first-order chi connectivity index (χ1) is 5.27. The first-order valence-corrected chi connectivity index (χ1v) is 3.90. The Bertz CT molecular complexity index is 189. The van der Waals surface area contributed by atoms with Crippen molar-refractivity contribution in [2.24, 2.45) is 16.7 Å².